The number of aldehydes is 1. The van der Waals surface area contributed by atoms with Gasteiger partial charge < -0.3 is 34.9 Å². The lowest BCUT2D eigenvalue weighted by atomic mass is 9.92. The van der Waals surface area contributed by atoms with E-state index in [1.807, 2.05) is 0 Å². The minimum atomic E-state index is -4.64. The van der Waals surface area contributed by atoms with Crippen molar-refractivity contribution in [2.24, 2.45) is 4.99 Å². The Labute approximate surface area is 484 Å². The highest BCUT2D eigenvalue weighted by Crippen LogP contribution is 2.36. The van der Waals surface area contributed by atoms with E-state index in [1.165, 1.54) is 36.7 Å². The second kappa shape index (κ2) is 28.1. The van der Waals surface area contributed by atoms with Crippen LogP contribution < -0.4 is 16.0 Å². The number of allylic oxidation sites excluding steroid dienone is 1. The molecule has 464 valence electrons. The SMILES string of the molecule is C.C1=C2CCCC2=NC1.C=C1CO[C@H](c2cc(F)ccc2F)[C@@H](NC(=O)OC(C)(C)C)C1.CC(C)(C)OC(=O)N[C@H]1C[C@@H](N2Cc3cn(S(C)(=O)=O)nc3C2)CO[C@@H]1c1cc(F)ccc1F.CS(=O)(=O)n1cc2c(n1)CNC2.O=CC(F)(F)F. The maximum atomic E-state index is 14.5. The van der Waals surface area contributed by atoms with E-state index in [-0.39, 0.29) is 37.8 Å². The molecule has 5 aliphatic heterocycles. The molecule has 1 aliphatic carbocycles. The summed E-state index contributed by atoms with van der Waals surface area (Å²) in [5, 5.41) is 16.6. The molecule has 6 aliphatic rings. The molecule has 3 fully saturated rings. The molecule has 5 atom stereocenters. The standard InChI is InChI=1S/C22H28F2N4O5S.C17H21F2NO3.C7H9N.C6H9N3O2S.C2HF3O.CH4/c1-22(2,3)33-21(29)25-18-8-15(12-32-20(18)16-7-14(23)5-6-17(16)24)27-9-13-10-28(34(4,30)31)26-19(13)11-27;1-10-7-14(20-16(21)23-17(2,3)4)15(22-9-10)12-8-11(18)5-6-13(12)19;1-2-6-4-5-8-7(6)3-1;1-12(10,11)9-4-5-2-7-3-6(5)8-9;3-2(4,5)1-6;/h5-7,10,15,18,20H,8-9,11-12H2,1-4H3,(H,25,29);5-6,8,14-15H,1,7,9H2,2-4H3,(H,20,21);4H,1-3,5H2;4,7H,2-3H2,1H3;1H;1H4/t15-,18+,20-;14-,15+;;;;/m10..../s1. The third kappa shape index (κ3) is 20.1. The summed E-state index contributed by atoms with van der Waals surface area (Å²) in [4.78, 5) is 39.6. The molecule has 20 nitrogen and oxygen atoms in total. The van der Waals surface area contributed by atoms with Crippen LogP contribution in [0.2, 0.25) is 0 Å². The van der Waals surface area contributed by atoms with Crippen molar-refractivity contribution in [2.75, 3.05) is 32.3 Å². The first-order chi connectivity index (χ1) is 38.5. The quantitative estimate of drug-likeness (QED) is 0.0889. The highest BCUT2D eigenvalue weighted by Gasteiger charge is 2.41. The largest absolute Gasteiger partial charge is 0.446 e. The number of aliphatic imine (C=N–C) groups is 1. The summed E-state index contributed by atoms with van der Waals surface area (Å²) in [5.41, 5.74) is 5.64. The Balaban J connectivity index is 0.000000219. The minimum absolute atomic E-state index is 0. The zero-order valence-corrected chi connectivity index (χ0v) is 48.6. The Bertz CT molecular complexity index is 3240. The predicted molar refractivity (Wildman–Crippen MR) is 296 cm³/mol. The summed E-state index contributed by atoms with van der Waals surface area (Å²) in [6, 6.07) is 4.85. The summed E-state index contributed by atoms with van der Waals surface area (Å²) in [6.07, 6.45) is 3.47. The lowest BCUT2D eigenvalue weighted by molar-refractivity contribution is -0.156. The van der Waals surface area contributed by atoms with Gasteiger partial charge in [0.1, 0.15) is 46.7 Å². The summed E-state index contributed by atoms with van der Waals surface area (Å²) in [6.45, 7) is 17.9. The number of alkyl carbamates (subject to hydrolysis) is 2. The number of carbonyl (C=O) groups excluding carboxylic acids is 3. The van der Waals surface area contributed by atoms with Gasteiger partial charge in [-0.15, -0.1) is 0 Å². The lowest BCUT2D eigenvalue weighted by Gasteiger charge is -2.40. The normalized spacial score (nSPS) is 21.0. The van der Waals surface area contributed by atoms with Crippen LogP contribution in [-0.2, 0) is 70.0 Å². The fraction of sp³-hybridized carbons (Fsp3) is 0.527. The van der Waals surface area contributed by atoms with Gasteiger partial charge in [-0.3, -0.25) is 14.7 Å². The number of fused-ring (bicyclic) bond motifs is 3. The van der Waals surface area contributed by atoms with E-state index < -0.39 is 103 Å². The molecule has 0 spiro atoms. The van der Waals surface area contributed by atoms with Crippen LogP contribution in [0.3, 0.4) is 0 Å². The summed E-state index contributed by atoms with van der Waals surface area (Å²) >= 11 is 0. The van der Waals surface area contributed by atoms with Gasteiger partial charge in [-0.05, 0) is 121 Å². The van der Waals surface area contributed by atoms with Crippen LogP contribution in [0.15, 0.2) is 77.6 Å². The number of nitrogens with zero attached hydrogens (tertiary/aromatic N) is 6. The first-order valence-corrected chi connectivity index (χ1v) is 29.8. The first kappa shape index (κ1) is 68.3. The van der Waals surface area contributed by atoms with Gasteiger partial charge in [0, 0.05) is 72.6 Å². The third-order valence-electron chi connectivity index (χ3n) is 12.9. The molecule has 0 radical (unpaired) electrons. The van der Waals surface area contributed by atoms with E-state index in [0.29, 0.717) is 44.7 Å². The topological polar surface area (TPSA) is 244 Å². The molecule has 0 bridgehead atoms. The number of aromatic nitrogens is 4. The Morgan fingerprint density at radius 1 is 0.762 bits per heavy atom. The Morgan fingerprint density at radius 3 is 1.79 bits per heavy atom. The molecule has 7 heterocycles. The van der Waals surface area contributed by atoms with Crippen molar-refractivity contribution in [1.29, 1.82) is 0 Å². The van der Waals surface area contributed by atoms with Gasteiger partial charge >= 0.3 is 18.4 Å². The predicted octanol–water partition coefficient (Wildman–Crippen LogP) is 8.81. The molecule has 84 heavy (non-hydrogen) atoms. The van der Waals surface area contributed by atoms with Crippen LogP contribution in [0.25, 0.3) is 0 Å². The van der Waals surface area contributed by atoms with E-state index in [2.05, 4.69) is 48.7 Å². The first-order valence-electron chi connectivity index (χ1n) is 26.1. The monoisotopic (exact) mass is 1230 g/mol. The van der Waals surface area contributed by atoms with Crippen LogP contribution >= 0.6 is 0 Å². The summed E-state index contributed by atoms with van der Waals surface area (Å²) in [5.74, 6) is -2.38. The Hall–Kier alpha value is -6.53. The number of nitrogens with one attached hydrogen (secondary N) is 3. The molecule has 2 amide bonds. The van der Waals surface area contributed by atoms with Crippen molar-refractivity contribution in [2.45, 2.75) is 155 Å². The van der Waals surface area contributed by atoms with E-state index in [0.717, 1.165) is 86.0 Å². The van der Waals surface area contributed by atoms with Crippen LogP contribution in [0.4, 0.5) is 40.3 Å². The molecule has 0 unspecified atom stereocenters. The summed E-state index contributed by atoms with van der Waals surface area (Å²) < 4.78 is 157. The van der Waals surface area contributed by atoms with Crippen molar-refractivity contribution in [3.05, 3.63) is 130 Å². The number of hydrogen-bond acceptors (Lipinski definition) is 16. The number of alkyl halides is 3. The van der Waals surface area contributed by atoms with E-state index in [1.54, 1.807) is 47.7 Å². The zero-order chi connectivity index (χ0) is 61.4. The molecular formula is C55H72F7N9O11S2. The summed E-state index contributed by atoms with van der Waals surface area (Å²) in [7, 11) is -6.67. The van der Waals surface area contributed by atoms with Crippen LogP contribution in [-0.4, -0.2) is 132 Å². The van der Waals surface area contributed by atoms with Gasteiger partial charge in [-0.25, -0.2) is 44.0 Å². The maximum Gasteiger partial charge on any atom is 0.446 e. The number of rotatable bonds is 7. The Morgan fingerprint density at radius 2 is 1.29 bits per heavy atom. The van der Waals surface area contributed by atoms with Crippen molar-refractivity contribution < 1.29 is 80.9 Å². The molecule has 4 aromatic rings. The average Bonchev–Trinajstić information content (AvgIpc) is 2.82. The van der Waals surface area contributed by atoms with Crippen LogP contribution in [0.5, 0.6) is 0 Å². The number of amides is 2. The molecule has 2 saturated heterocycles. The molecule has 29 heteroatoms. The highest BCUT2D eigenvalue weighted by molar-refractivity contribution is 7.89. The Kier molecular flexibility index (Phi) is 22.8. The fourth-order valence-corrected chi connectivity index (χ4v) is 10.5. The van der Waals surface area contributed by atoms with E-state index in [4.69, 9.17) is 23.7 Å². The van der Waals surface area contributed by atoms with Gasteiger partial charge in [-0.2, -0.15) is 31.5 Å². The smallest absolute Gasteiger partial charge is 0.444 e. The molecule has 2 aromatic carbocycles. The third-order valence-corrected chi connectivity index (χ3v) is 14.6. The molecule has 3 N–H and O–H groups in total. The van der Waals surface area contributed by atoms with Crippen molar-refractivity contribution in [3.63, 3.8) is 0 Å². The lowest BCUT2D eigenvalue weighted by Crippen LogP contribution is -2.52. The van der Waals surface area contributed by atoms with Crippen molar-refractivity contribution in [1.82, 2.24) is 39.2 Å². The molecular weight excluding hydrogens is 1160 g/mol. The number of carbonyl (C=O) groups is 3. The van der Waals surface area contributed by atoms with Crippen LogP contribution in [0.1, 0.15) is 127 Å². The fourth-order valence-electron chi connectivity index (χ4n) is 9.33. The molecule has 1 saturated carbocycles. The molecule has 2 aromatic heterocycles. The number of hydrogen-bond donors (Lipinski definition) is 3. The van der Waals surface area contributed by atoms with Crippen molar-refractivity contribution in [3.8, 4) is 0 Å². The van der Waals surface area contributed by atoms with Gasteiger partial charge in [0.25, 0.3) is 20.0 Å². The number of ether oxygens (including phenoxy) is 4. The number of halogens is 7. The average molecular weight is 1230 g/mol. The van der Waals surface area contributed by atoms with Gasteiger partial charge in [0.05, 0.1) is 55.7 Å². The molecule has 10 rings (SSSR count). The second-order valence-electron chi connectivity index (χ2n) is 22.2. The van der Waals surface area contributed by atoms with Gasteiger partial charge in [-0.1, -0.05) is 20.1 Å². The van der Waals surface area contributed by atoms with Crippen LogP contribution in [0, 0.1) is 23.3 Å². The maximum absolute atomic E-state index is 14.5. The van der Waals surface area contributed by atoms with E-state index in [9.17, 15) is 57.2 Å². The highest BCUT2D eigenvalue weighted by atomic mass is 32.2. The van der Waals surface area contributed by atoms with Gasteiger partial charge in [0.2, 0.25) is 6.29 Å². The van der Waals surface area contributed by atoms with Gasteiger partial charge in [0.15, 0.2) is 0 Å². The number of benzene rings is 2. The van der Waals surface area contributed by atoms with E-state index >= 15 is 0 Å². The second-order valence-corrected chi connectivity index (χ2v) is 25.9. The minimum Gasteiger partial charge on any atom is -0.444 e. The van der Waals surface area contributed by atoms with Crippen molar-refractivity contribution >= 4 is 44.2 Å². The zero-order valence-electron chi connectivity index (χ0n) is 47.0.